The third-order valence-electron chi connectivity index (χ3n) is 3.44. The zero-order valence-electron chi connectivity index (χ0n) is 10.5. The second-order valence-electron chi connectivity index (χ2n) is 4.67. The second-order valence-corrected chi connectivity index (χ2v) is 6.35. The largest absolute Gasteiger partial charge is 0.395 e. The van der Waals surface area contributed by atoms with Gasteiger partial charge < -0.3 is 10.4 Å². The number of thioether (sulfide) groups is 1. The summed E-state index contributed by atoms with van der Waals surface area (Å²) < 4.78 is 0. The van der Waals surface area contributed by atoms with E-state index in [0.29, 0.717) is 16.5 Å². The first kappa shape index (κ1) is 12.9. The van der Waals surface area contributed by atoms with Gasteiger partial charge in [-0.25, -0.2) is 0 Å². The van der Waals surface area contributed by atoms with Crippen LogP contribution < -0.4 is 5.32 Å². The summed E-state index contributed by atoms with van der Waals surface area (Å²) in [7, 11) is 2.03. The Hall–Kier alpha value is -0.510. The number of nitrogens with one attached hydrogen (secondary N) is 1. The van der Waals surface area contributed by atoms with Gasteiger partial charge in [0.2, 0.25) is 0 Å². The highest BCUT2D eigenvalue weighted by Gasteiger charge is 2.29. The molecule has 0 saturated carbocycles. The predicted octanol–water partition coefficient (Wildman–Crippen LogP) is 2.38. The molecule has 0 radical (unpaired) electrons. The number of fused-ring (bicyclic) bond motifs is 1. The SMILES string of the molecule is CNC1c2ccccc2CCC1SC(C)CO. The lowest BCUT2D eigenvalue weighted by molar-refractivity contribution is 0.299. The lowest BCUT2D eigenvalue weighted by Crippen LogP contribution is -2.33. The van der Waals surface area contributed by atoms with Gasteiger partial charge in [0.1, 0.15) is 0 Å². The number of aryl methyl sites for hydroxylation is 1. The van der Waals surface area contributed by atoms with Crippen molar-refractivity contribution in [2.24, 2.45) is 0 Å². The molecule has 0 bridgehead atoms. The first-order valence-electron chi connectivity index (χ1n) is 6.27. The fourth-order valence-electron chi connectivity index (χ4n) is 2.56. The Morgan fingerprint density at radius 2 is 2.24 bits per heavy atom. The third kappa shape index (κ3) is 2.84. The van der Waals surface area contributed by atoms with E-state index in [9.17, 15) is 5.11 Å². The van der Waals surface area contributed by atoms with E-state index in [2.05, 4.69) is 36.5 Å². The van der Waals surface area contributed by atoms with Gasteiger partial charge in [-0.3, -0.25) is 0 Å². The van der Waals surface area contributed by atoms with Crippen LogP contribution in [0.5, 0.6) is 0 Å². The Morgan fingerprint density at radius 1 is 1.47 bits per heavy atom. The van der Waals surface area contributed by atoms with E-state index in [0.717, 1.165) is 6.42 Å². The minimum absolute atomic E-state index is 0.263. The molecule has 2 nitrogen and oxygen atoms in total. The molecule has 0 aromatic heterocycles. The quantitative estimate of drug-likeness (QED) is 0.862. The standard InChI is InChI=1S/C14H21NOS/c1-10(9-16)17-13-8-7-11-5-3-4-6-12(11)14(13)15-2/h3-6,10,13-16H,7-9H2,1-2H3. The maximum Gasteiger partial charge on any atom is 0.0547 e. The molecule has 0 aliphatic heterocycles. The van der Waals surface area contributed by atoms with E-state index in [4.69, 9.17) is 0 Å². The number of aliphatic hydroxyl groups is 1. The van der Waals surface area contributed by atoms with Gasteiger partial charge in [0.25, 0.3) is 0 Å². The molecule has 2 rings (SSSR count). The first-order chi connectivity index (χ1) is 8.26. The molecule has 0 saturated heterocycles. The molecular weight excluding hydrogens is 230 g/mol. The van der Waals surface area contributed by atoms with Gasteiger partial charge in [-0.1, -0.05) is 31.2 Å². The van der Waals surface area contributed by atoms with Crippen LogP contribution in [0.3, 0.4) is 0 Å². The molecule has 3 unspecified atom stereocenters. The van der Waals surface area contributed by atoms with Crippen molar-refractivity contribution in [2.45, 2.75) is 36.3 Å². The summed E-state index contributed by atoms with van der Waals surface area (Å²) in [5.74, 6) is 0. The van der Waals surface area contributed by atoms with Crippen LogP contribution >= 0.6 is 11.8 Å². The lowest BCUT2D eigenvalue weighted by atomic mass is 9.87. The average Bonchev–Trinajstić information content (AvgIpc) is 2.38. The summed E-state index contributed by atoms with van der Waals surface area (Å²) >= 11 is 1.90. The summed E-state index contributed by atoms with van der Waals surface area (Å²) in [4.78, 5) is 0. The normalized spacial score (nSPS) is 25.4. The maximum absolute atomic E-state index is 9.18. The van der Waals surface area contributed by atoms with Crippen molar-refractivity contribution < 1.29 is 5.11 Å². The van der Waals surface area contributed by atoms with E-state index in [1.54, 1.807) is 0 Å². The van der Waals surface area contributed by atoms with Crippen LogP contribution in [0.4, 0.5) is 0 Å². The monoisotopic (exact) mass is 251 g/mol. The van der Waals surface area contributed by atoms with Crippen molar-refractivity contribution in [3.8, 4) is 0 Å². The molecule has 0 amide bonds. The van der Waals surface area contributed by atoms with Gasteiger partial charge >= 0.3 is 0 Å². The fourth-order valence-corrected chi connectivity index (χ4v) is 3.94. The highest BCUT2D eigenvalue weighted by Crippen LogP contribution is 2.38. The topological polar surface area (TPSA) is 32.3 Å². The van der Waals surface area contributed by atoms with Crippen LogP contribution in [-0.2, 0) is 6.42 Å². The van der Waals surface area contributed by atoms with Crippen LogP contribution in [0, 0.1) is 0 Å². The number of hydrogen-bond donors (Lipinski definition) is 2. The van der Waals surface area contributed by atoms with Crippen LogP contribution in [-0.4, -0.2) is 29.3 Å². The van der Waals surface area contributed by atoms with Gasteiger partial charge in [0.15, 0.2) is 0 Å². The lowest BCUT2D eigenvalue weighted by Gasteiger charge is -2.34. The Kier molecular flexibility index (Phi) is 4.48. The summed E-state index contributed by atoms with van der Waals surface area (Å²) in [6.45, 7) is 2.36. The van der Waals surface area contributed by atoms with Gasteiger partial charge in [-0.2, -0.15) is 11.8 Å². The number of rotatable bonds is 4. The van der Waals surface area contributed by atoms with Gasteiger partial charge in [-0.15, -0.1) is 0 Å². The molecular formula is C14H21NOS. The van der Waals surface area contributed by atoms with Crippen LogP contribution in [0.25, 0.3) is 0 Å². The van der Waals surface area contributed by atoms with Gasteiger partial charge in [0, 0.05) is 16.5 Å². The fraction of sp³-hybridized carbons (Fsp3) is 0.571. The minimum atomic E-state index is 0.263. The smallest absolute Gasteiger partial charge is 0.0547 e. The van der Waals surface area contributed by atoms with Crippen molar-refractivity contribution in [3.05, 3.63) is 35.4 Å². The highest BCUT2D eigenvalue weighted by molar-refractivity contribution is 8.00. The predicted molar refractivity (Wildman–Crippen MR) is 74.5 cm³/mol. The van der Waals surface area contributed by atoms with Crippen molar-refractivity contribution in [2.75, 3.05) is 13.7 Å². The van der Waals surface area contributed by atoms with E-state index in [1.807, 2.05) is 18.8 Å². The average molecular weight is 251 g/mol. The molecule has 0 fully saturated rings. The summed E-state index contributed by atoms with van der Waals surface area (Å²) in [5.41, 5.74) is 2.91. The van der Waals surface area contributed by atoms with Crippen molar-refractivity contribution in [3.63, 3.8) is 0 Å². The maximum atomic E-state index is 9.18. The summed E-state index contributed by atoms with van der Waals surface area (Å²) in [6, 6.07) is 9.11. The van der Waals surface area contributed by atoms with E-state index in [-0.39, 0.29) is 6.61 Å². The van der Waals surface area contributed by atoms with Gasteiger partial charge in [-0.05, 0) is 31.0 Å². The molecule has 0 heterocycles. The third-order valence-corrected chi connectivity index (χ3v) is 4.91. The molecule has 1 aliphatic rings. The molecule has 2 N–H and O–H groups in total. The van der Waals surface area contributed by atoms with E-state index >= 15 is 0 Å². The highest BCUT2D eigenvalue weighted by atomic mass is 32.2. The Labute approximate surface area is 108 Å². The second kappa shape index (κ2) is 5.89. The summed E-state index contributed by atoms with van der Waals surface area (Å²) in [6.07, 6.45) is 2.35. The minimum Gasteiger partial charge on any atom is -0.395 e. The Balaban J connectivity index is 2.17. The van der Waals surface area contributed by atoms with Crippen molar-refractivity contribution in [1.29, 1.82) is 0 Å². The first-order valence-corrected chi connectivity index (χ1v) is 7.22. The van der Waals surface area contributed by atoms with Crippen LogP contribution in [0.2, 0.25) is 0 Å². The van der Waals surface area contributed by atoms with E-state index in [1.165, 1.54) is 17.5 Å². The van der Waals surface area contributed by atoms with Crippen LogP contribution in [0.15, 0.2) is 24.3 Å². The molecule has 3 atom stereocenters. The molecule has 0 spiro atoms. The molecule has 17 heavy (non-hydrogen) atoms. The van der Waals surface area contributed by atoms with Crippen molar-refractivity contribution in [1.82, 2.24) is 5.32 Å². The Bertz CT molecular complexity index is 369. The van der Waals surface area contributed by atoms with Gasteiger partial charge in [0.05, 0.1) is 6.61 Å². The molecule has 1 aromatic carbocycles. The van der Waals surface area contributed by atoms with E-state index < -0.39 is 0 Å². The molecule has 3 heteroatoms. The van der Waals surface area contributed by atoms with Crippen molar-refractivity contribution >= 4 is 11.8 Å². The molecule has 1 aliphatic carbocycles. The number of benzene rings is 1. The number of hydrogen-bond acceptors (Lipinski definition) is 3. The van der Waals surface area contributed by atoms with Crippen LogP contribution in [0.1, 0.15) is 30.5 Å². The summed E-state index contributed by atoms with van der Waals surface area (Å²) in [5, 5.41) is 13.5. The molecule has 1 aromatic rings. The zero-order chi connectivity index (χ0) is 12.3. The number of aliphatic hydroxyl groups excluding tert-OH is 1. The zero-order valence-corrected chi connectivity index (χ0v) is 11.3. The Morgan fingerprint density at radius 3 is 2.94 bits per heavy atom. The molecule has 94 valence electrons.